The molecule has 0 aliphatic carbocycles. The van der Waals surface area contributed by atoms with E-state index in [2.05, 4.69) is 12.2 Å². The molecule has 2 atom stereocenters. The quantitative estimate of drug-likeness (QED) is 0.807. The molecule has 1 aromatic carbocycles. The monoisotopic (exact) mass is 390 g/mol. The molecule has 0 bridgehead atoms. The number of anilines is 1. The molecule has 0 saturated carbocycles. The molecular weight excluding hydrogens is 367 g/mol. The predicted molar refractivity (Wildman–Crippen MR) is 104 cm³/mol. The van der Waals surface area contributed by atoms with Crippen LogP contribution in [0.5, 0.6) is 5.75 Å². The summed E-state index contributed by atoms with van der Waals surface area (Å²) in [5.41, 5.74) is -0.387. The lowest BCUT2D eigenvalue weighted by Gasteiger charge is -2.33. The van der Waals surface area contributed by atoms with E-state index in [0.717, 1.165) is 12.6 Å². The van der Waals surface area contributed by atoms with Crippen molar-refractivity contribution in [1.29, 1.82) is 0 Å². The number of halogens is 1. The van der Waals surface area contributed by atoms with Crippen molar-refractivity contribution in [2.45, 2.75) is 6.92 Å². The van der Waals surface area contributed by atoms with E-state index in [1.54, 1.807) is 16.7 Å². The first-order chi connectivity index (χ1) is 13.3. The average molecular weight is 390 g/mol. The third-order valence-corrected chi connectivity index (χ3v) is 5.70. The van der Waals surface area contributed by atoms with Crippen LogP contribution >= 0.6 is 0 Å². The first kappa shape index (κ1) is 18.5. The van der Waals surface area contributed by atoms with E-state index in [4.69, 9.17) is 4.74 Å². The average Bonchev–Trinajstić information content (AvgIpc) is 2.99. The number of aromatic nitrogens is 1. The number of aromatic carboxylic acids is 1. The van der Waals surface area contributed by atoms with Crippen LogP contribution in [0, 0.1) is 17.7 Å². The van der Waals surface area contributed by atoms with Crippen molar-refractivity contribution in [2.75, 3.05) is 50.4 Å². The molecule has 28 heavy (non-hydrogen) atoms. The Kier molecular flexibility index (Phi) is 4.41. The predicted octanol–water partition coefficient (Wildman–Crippen LogP) is 1.05. The molecule has 4 rings (SSSR count). The molecule has 2 aliphatic rings. The molecule has 2 aliphatic heterocycles. The van der Waals surface area contributed by atoms with Gasteiger partial charge in [0.25, 0.3) is 0 Å². The maximum atomic E-state index is 15.2. The van der Waals surface area contributed by atoms with Crippen molar-refractivity contribution < 1.29 is 19.0 Å². The second kappa shape index (κ2) is 6.66. The Hall–Kier alpha value is -2.81. The minimum atomic E-state index is -1.34. The van der Waals surface area contributed by atoms with Gasteiger partial charge in [-0.15, -0.1) is 0 Å². The summed E-state index contributed by atoms with van der Waals surface area (Å²) in [5.74, 6) is -0.882. The molecule has 0 radical (unpaired) electrons. The number of carboxylic acids is 1. The largest absolute Gasteiger partial charge is 0.477 e. The fourth-order valence-electron chi connectivity index (χ4n) is 4.22. The Morgan fingerprint density at radius 2 is 2.18 bits per heavy atom. The summed E-state index contributed by atoms with van der Waals surface area (Å²) in [6, 6.07) is 1.14. The Balaban J connectivity index is 1.94. The van der Waals surface area contributed by atoms with Gasteiger partial charge in [-0.2, -0.15) is 0 Å². The Bertz CT molecular complexity index is 1020. The highest BCUT2D eigenvalue weighted by atomic mass is 19.1. The van der Waals surface area contributed by atoms with Crippen LogP contribution in [0.3, 0.4) is 0 Å². The molecule has 2 unspecified atom stereocenters. The highest BCUT2D eigenvalue weighted by Gasteiger charge is 2.35. The van der Waals surface area contributed by atoms with Gasteiger partial charge in [0.15, 0.2) is 18.3 Å². The first-order valence-corrected chi connectivity index (χ1v) is 9.22. The number of carbonyl (C=O) groups is 1. The maximum absolute atomic E-state index is 15.2. The summed E-state index contributed by atoms with van der Waals surface area (Å²) in [6.45, 7) is 4.44. The molecule has 150 valence electrons. The maximum Gasteiger partial charge on any atom is 0.341 e. The van der Waals surface area contributed by atoms with E-state index < -0.39 is 22.8 Å². The highest BCUT2D eigenvalue weighted by Crippen LogP contribution is 2.42. The smallest absolute Gasteiger partial charge is 0.341 e. The van der Waals surface area contributed by atoms with Gasteiger partial charge < -0.3 is 20.1 Å². The van der Waals surface area contributed by atoms with E-state index in [-0.39, 0.29) is 12.1 Å². The molecule has 2 N–H and O–H groups in total. The molecule has 9 heteroatoms. The zero-order valence-electron chi connectivity index (χ0n) is 16.0. The summed E-state index contributed by atoms with van der Waals surface area (Å²) in [6.07, 6.45) is 1.27. The topological polar surface area (TPSA) is 87.0 Å². The van der Waals surface area contributed by atoms with Crippen molar-refractivity contribution in [2.24, 2.45) is 11.8 Å². The van der Waals surface area contributed by atoms with Crippen LogP contribution < -0.4 is 25.4 Å². The molecule has 2 aromatic rings. The lowest BCUT2D eigenvalue weighted by atomic mass is 9.98. The third kappa shape index (κ3) is 2.69. The van der Waals surface area contributed by atoms with Crippen LogP contribution in [0.2, 0.25) is 0 Å². The van der Waals surface area contributed by atoms with Gasteiger partial charge in [-0.3, -0.25) is 14.5 Å². The molecular formula is C19H23FN4O4. The summed E-state index contributed by atoms with van der Waals surface area (Å²) < 4.78 is 22.6. The summed E-state index contributed by atoms with van der Waals surface area (Å²) in [7, 11) is 3.61. The summed E-state index contributed by atoms with van der Waals surface area (Å²) in [5, 5.41) is 14.2. The Morgan fingerprint density at radius 3 is 2.86 bits per heavy atom. The fraction of sp³-hybridized carbons (Fsp3) is 0.474. The van der Waals surface area contributed by atoms with Crippen molar-refractivity contribution in [3.05, 3.63) is 33.9 Å². The van der Waals surface area contributed by atoms with Gasteiger partial charge in [-0.25, -0.2) is 9.18 Å². The fourth-order valence-corrected chi connectivity index (χ4v) is 4.22. The van der Waals surface area contributed by atoms with Crippen LogP contribution in [0.15, 0.2) is 17.1 Å². The van der Waals surface area contributed by atoms with Gasteiger partial charge in [0.1, 0.15) is 16.8 Å². The minimum Gasteiger partial charge on any atom is -0.477 e. The SMILES string of the molecule is CNCC1CN(c2c(F)cc3c(=O)c(C(=O)O)cn4c3c2OCN4C)CC1C. The molecule has 1 saturated heterocycles. The zero-order chi connectivity index (χ0) is 20.2. The standard InChI is InChI=1S/C19H23FN4O4/c1-10-6-23(7-11(10)5-21-2)16-14(20)4-12-15-18(16)28-9-22(3)24(15)8-13(17(12)25)19(26)27/h4,8,10-11,21H,5-7,9H2,1-3H3,(H,26,27). The van der Waals surface area contributed by atoms with Gasteiger partial charge in [0, 0.05) is 26.3 Å². The van der Waals surface area contributed by atoms with Crippen molar-refractivity contribution in [3.8, 4) is 5.75 Å². The van der Waals surface area contributed by atoms with E-state index in [9.17, 15) is 14.7 Å². The van der Waals surface area contributed by atoms with Crippen LogP contribution in [0.25, 0.3) is 10.9 Å². The number of nitrogens with zero attached hydrogens (tertiary/aromatic N) is 3. The van der Waals surface area contributed by atoms with Crippen LogP contribution in [0.1, 0.15) is 17.3 Å². The summed E-state index contributed by atoms with van der Waals surface area (Å²) >= 11 is 0. The molecule has 1 aromatic heterocycles. The second-order valence-electron chi connectivity index (χ2n) is 7.59. The van der Waals surface area contributed by atoms with E-state index in [1.165, 1.54) is 6.20 Å². The number of carboxylic acid groups (broad SMARTS) is 1. The molecule has 0 amide bonds. The van der Waals surface area contributed by atoms with Crippen molar-refractivity contribution >= 4 is 22.6 Å². The summed E-state index contributed by atoms with van der Waals surface area (Å²) in [4.78, 5) is 26.1. The number of ether oxygens (including phenoxy) is 1. The number of hydrogen-bond acceptors (Lipinski definition) is 6. The number of rotatable bonds is 4. The molecule has 0 spiro atoms. The second-order valence-corrected chi connectivity index (χ2v) is 7.59. The van der Waals surface area contributed by atoms with Crippen LogP contribution in [-0.2, 0) is 0 Å². The van der Waals surface area contributed by atoms with Crippen molar-refractivity contribution in [1.82, 2.24) is 9.99 Å². The molecule has 1 fully saturated rings. The van der Waals surface area contributed by atoms with Gasteiger partial charge >= 0.3 is 5.97 Å². The lowest BCUT2D eigenvalue weighted by Crippen LogP contribution is -2.40. The van der Waals surface area contributed by atoms with Gasteiger partial charge in [0.2, 0.25) is 5.43 Å². The highest BCUT2D eigenvalue weighted by molar-refractivity contribution is 5.97. The van der Waals surface area contributed by atoms with E-state index in [1.807, 2.05) is 11.9 Å². The van der Waals surface area contributed by atoms with Gasteiger partial charge in [-0.05, 0) is 31.5 Å². The van der Waals surface area contributed by atoms with Gasteiger partial charge in [0.05, 0.1) is 5.39 Å². The number of pyridine rings is 1. The number of nitrogens with one attached hydrogen (secondary N) is 1. The minimum absolute atomic E-state index is 0.00159. The van der Waals surface area contributed by atoms with Gasteiger partial charge in [-0.1, -0.05) is 6.92 Å². The van der Waals surface area contributed by atoms with Crippen molar-refractivity contribution in [3.63, 3.8) is 0 Å². The Morgan fingerprint density at radius 1 is 1.43 bits per heavy atom. The normalized spacial score (nSPS) is 21.3. The van der Waals surface area contributed by atoms with E-state index >= 15 is 4.39 Å². The lowest BCUT2D eigenvalue weighted by molar-refractivity contribution is 0.0694. The zero-order valence-corrected chi connectivity index (χ0v) is 16.0. The van der Waals surface area contributed by atoms with Crippen LogP contribution in [0.4, 0.5) is 10.1 Å². The number of benzene rings is 1. The van der Waals surface area contributed by atoms with Crippen LogP contribution in [-0.4, -0.2) is 56.2 Å². The third-order valence-electron chi connectivity index (χ3n) is 5.70. The Labute approximate surface area is 161 Å². The first-order valence-electron chi connectivity index (χ1n) is 9.22. The molecule has 8 nitrogen and oxygen atoms in total. The molecule has 3 heterocycles. The number of hydrogen-bond donors (Lipinski definition) is 2. The van der Waals surface area contributed by atoms with E-state index in [0.29, 0.717) is 41.9 Å².